The second-order valence-corrected chi connectivity index (χ2v) is 12.2. The quantitative estimate of drug-likeness (QED) is 0.615. The molecule has 0 spiro atoms. The molecule has 142 valence electrons. The molecule has 2 N–H and O–H groups in total. The summed E-state index contributed by atoms with van der Waals surface area (Å²) in [4.78, 5) is 11.9. The zero-order valence-electron chi connectivity index (χ0n) is 15.4. The summed E-state index contributed by atoms with van der Waals surface area (Å²) in [5.41, 5.74) is 5.62. The molecule has 0 aliphatic carbocycles. The number of halogens is 3. The second kappa shape index (κ2) is 7.47. The molecular weight excluding hydrogens is 351 g/mol. The van der Waals surface area contributed by atoms with Gasteiger partial charge in [-0.25, -0.2) is 0 Å². The van der Waals surface area contributed by atoms with E-state index in [0.29, 0.717) is 5.56 Å². The molecule has 2 unspecified atom stereocenters. The third kappa shape index (κ3) is 5.29. The van der Waals surface area contributed by atoms with Gasteiger partial charge in [0.05, 0.1) is 18.8 Å². The van der Waals surface area contributed by atoms with Gasteiger partial charge in [-0.05, 0) is 35.8 Å². The number of hydrogen-bond acceptors (Lipinski definition) is 4. The van der Waals surface area contributed by atoms with Crippen molar-refractivity contribution in [1.82, 2.24) is 0 Å². The molecule has 0 saturated heterocycles. The predicted octanol–water partition coefficient (Wildman–Crippen LogP) is 4.27. The number of esters is 1. The van der Waals surface area contributed by atoms with Gasteiger partial charge < -0.3 is 14.9 Å². The molecule has 0 amide bonds. The third-order valence-corrected chi connectivity index (χ3v) is 9.05. The van der Waals surface area contributed by atoms with E-state index in [2.05, 4.69) is 4.74 Å². The Labute approximate surface area is 147 Å². The summed E-state index contributed by atoms with van der Waals surface area (Å²) in [7, 11) is -1.13. The SMILES string of the molecule is COC(=O)C(N)C(O[Si](C)(C)C(C)(C)C)c1ccc(C(F)(F)F)cc1. The topological polar surface area (TPSA) is 61.5 Å². The van der Waals surface area contributed by atoms with Crippen molar-refractivity contribution in [1.29, 1.82) is 0 Å². The maximum absolute atomic E-state index is 12.8. The zero-order valence-corrected chi connectivity index (χ0v) is 16.4. The van der Waals surface area contributed by atoms with E-state index in [9.17, 15) is 18.0 Å². The van der Waals surface area contributed by atoms with Gasteiger partial charge in [-0.2, -0.15) is 13.2 Å². The van der Waals surface area contributed by atoms with Crippen LogP contribution in [0.4, 0.5) is 13.2 Å². The first-order valence-corrected chi connectivity index (χ1v) is 10.8. The number of hydrogen-bond donors (Lipinski definition) is 1. The standard InChI is InChI=1S/C17H26F3NO3Si/c1-16(2,3)25(5,6)24-14(13(21)15(22)23-4)11-7-9-12(10-8-11)17(18,19)20/h7-10,13-14H,21H2,1-6H3. The summed E-state index contributed by atoms with van der Waals surface area (Å²) in [6.45, 7) is 10.0. The van der Waals surface area contributed by atoms with Crippen molar-refractivity contribution in [2.45, 2.75) is 57.2 Å². The molecule has 0 heterocycles. The Kier molecular flexibility index (Phi) is 6.47. The van der Waals surface area contributed by atoms with Gasteiger partial charge >= 0.3 is 12.1 Å². The van der Waals surface area contributed by atoms with Crippen LogP contribution in [0.15, 0.2) is 24.3 Å². The van der Waals surface area contributed by atoms with Crippen LogP contribution in [-0.2, 0) is 20.1 Å². The van der Waals surface area contributed by atoms with Crippen LogP contribution in [0.1, 0.15) is 38.0 Å². The summed E-state index contributed by atoms with van der Waals surface area (Å²) in [5, 5.41) is -0.160. The van der Waals surface area contributed by atoms with Crippen molar-refractivity contribution in [3.8, 4) is 0 Å². The Morgan fingerprint density at radius 3 is 1.96 bits per heavy atom. The largest absolute Gasteiger partial charge is 0.468 e. The Balaban J connectivity index is 3.26. The summed E-state index contributed by atoms with van der Waals surface area (Å²) in [6.07, 6.45) is -5.31. The van der Waals surface area contributed by atoms with Crippen LogP contribution in [0.2, 0.25) is 18.1 Å². The molecule has 0 fully saturated rings. The lowest BCUT2D eigenvalue weighted by Gasteiger charge is -2.40. The second-order valence-electron chi connectivity index (χ2n) is 7.47. The molecule has 1 rings (SSSR count). The highest BCUT2D eigenvalue weighted by atomic mass is 28.4. The summed E-state index contributed by atoms with van der Waals surface area (Å²) in [5.74, 6) is -0.677. The van der Waals surface area contributed by atoms with Gasteiger partial charge in [-0.15, -0.1) is 0 Å². The molecule has 1 aromatic carbocycles. The smallest absolute Gasteiger partial charge is 0.416 e. The lowest BCUT2D eigenvalue weighted by Crippen LogP contribution is -2.48. The van der Waals surface area contributed by atoms with E-state index in [1.165, 1.54) is 19.2 Å². The van der Waals surface area contributed by atoms with E-state index in [4.69, 9.17) is 10.2 Å². The van der Waals surface area contributed by atoms with E-state index in [1.807, 2.05) is 33.9 Å². The average Bonchev–Trinajstić information content (AvgIpc) is 2.49. The Morgan fingerprint density at radius 2 is 1.60 bits per heavy atom. The van der Waals surface area contributed by atoms with E-state index >= 15 is 0 Å². The molecule has 2 atom stereocenters. The van der Waals surface area contributed by atoms with Gasteiger partial charge in [0.25, 0.3) is 0 Å². The van der Waals surface area contributed by atoms with Crippen molar-refractivity contribution >= 4 is 14.3 Å². The van der Waals surface area contributed by atoms with Crippen LogP contribution < -0.4 is 5.73 Å². The van der Waals surface area contributed by atoms with Crippen LogP contribution in [0.3, 0.4) is 0 Å². The fourth-order valence-corrected chi connectivity index (χ4v) is 3.24. The van der Waals surface area contributed by atoms with Gasteiger partial charge in [-0.1, -0.05) is 32.9 Å². The molecule has 0 aromatic heterocycles. The van der Waals surface area contributed by atoms with E-state index in [1.54, 1.807) is 0 Å². The monoisotopic (exact) mass is 377 g/mol. The van der Waals surface area contributed by atoms with Crippen molar-refractivity contribution in [3.63, 3.8) is 0 Å². The minimum atomic E-state index is -4.43. The first-order valence-electron chi connectivity index (χ1n) is 7.89. The number of methoxy groups -OCH3 is 1. The normalized spacial score (nSPS) is 15.6. The van der Waals surface area contributed by atoms with Crippen molar-refractivity contribution in [2.75, 3.05) is 7.11 Å². The van der Waals surface area contributed by atoms with E-state index in [0.717, 1.165) is 12.1 Å². The van der Waals surface area contributed by atoms with Crippen molar-refractivity contribution in [2.24, 2.45) is 5.73 Å². The molecule has 0 bridgehead atoms. The highest BCUT2D eigenvalue weighted by Crippen LogP contribution is 2.41. The molecule has 25 heavy (non-hydrogen) atoms. The number of benzene rings is 1. The molecular formula is C17H26F3NO3Si. The number of rotatable bonds is 5. The number of nitrogens with two attached hydrogens (primary N) is 1. The van der Waals surface area contributed by atoms with Gasteiger partial charge in [-0.3, -0.25) is 4.79 Å². The average molecular weight is 377 g/mol. The first-order chi connectivity index (χ1) is 11.2. The minimum Gasteiger partial charge on any atom is -0.468 e. The van der Waals surface area contributed by atoms with E-state index in [-0.39, 0.29) is 5.04 Å². The number of alkyl halides is 3. The zero-order chi connectivity index (χ0) is 19.6. The molecule has 0 aliphatic rings. The number of carbonyl (C=O) groups excluding carboxylic acids is 1. The Hall–Kier alpha value is -1.38. The van der Waals surface area contributed by atoms with Crippen LogP contribution in [0, 0.1) is 0 Å². The molecule has 8 heteroatoms. The van der Waals surface area contributed by atoms with Gasteiger partial charge in [0.15, 0.2) is 8.32 Å². The Bertz CT molecular complexity index is 595. The maximum atomic E-state index is 12.8. The third-order valence-electron chi connectivity index (χ3n) is 4.59. The predicted molar refractivity (Wildman–Crippen MR) is 92.5 cm³/mol. The van der Waals surface area contributed by atoms with E-state index < -0.39 is 38.2 Å². The fraction of sp³-hybridized carbons (Fsp3) is 0.588. The molecule has 0 radical (unpaired) electrons. The van der Waals surface area contributed by atoms with Crippen molar-refractivity contribution < 1.29 is 27.1 Å². The number of ether oxygens (including phenoxy) is 1. The fourth-order valence-electron chi connectivity index (χ4n) is 1.96. The van der Waals surface area contributed by atoms with Crippen LogP contribution in [0.5, 0.6) is 0 Å². The molecule has 0 aliphatic heterocycles. The molecule has 1 aromatic rings. The summed E-state index contributed by atoms with van der Waals surface area (Å²) < 4.78 is 49.2. The summed E-state index contributed by atoms with van der Waals surface area (Å²) >= 11 is 0. The summed E-state index contributed by atoms with van der Waals surface area (Å²) in [6, 6.07) is 3.38. The van der Waals surface area contributed by atoms with Crippen molar-refractivity contribution in [3.05, 3.63) is 35.4 Å². The first kappa shape index (κ1) is 21.7. The number of carbonyl (C=O) groups is 1. The highest BCUT2D eigenvalue weighted by Gasteiger charge is 2.42. The molecule has 0 saturated carbocycles. The van der Waals surface area contributed by atoms with Crippen LogP contribution in [-0.4, -0.2) is 27.4 Å². The molecule has 4 nitrogen and oxygen atoms in total. The Morgan fingerprint density at radius 1 is 1.12 bits per heavy atom. The van der Waals surface area contributed by atoms with Crippen LogP contribution >= 0.6 is 0 Å². The van der Waals surface area contributed by atoms with Crippen LogP contribution in [0.25, 0.3) is 0 Å². The lowest BCUT2D eigenvalue weighted by molar-refractivity contribution is -0.145. The lowest BCUT2D eigenvalue weighted by atomic mass is 10.0. The van der Waals surface area contributed by atoms with Gasteiger partial charge in [0.2, 0.25) is 0 Å². The minimum absolute atomic E-state index is 0.160. The van der Waals surface area contributed by atoms with Gasteiger partial charge in [0.1, 0.15) is 6.04 Å². The maximum Gasteiger partial charge on any atom is 0.416 e. The highest BCUT2D eigenvalue weighted by molar-refractivity contribution is 6.74. The van der Waals surface area contributed by atoms with Gasteiger partial charge in [0, 0.05) is 0 Å².